The zero-order valence-corrected chi connectivity index (χ0v) is 21.1. The molecular weight excluding hydrogens is 468 g/mol. The maximum Gasteiger partial charge on any atom is 0.387 e. The third-order valence-electron chi connectivity index (χ3n) is 7.08. The van der Waals surface area contributed by atoms with Crippen molar-refractivity contribution in [3.8, 4) is 0 Å². The molecule has 190 valence electrons. The first-order valence-corrected chi connectivity index (χ1v) is 12.5. The molecule has 1 aromatic carbocycles. The first-order chi connectivity index (χ1) is 17.9. The highest BCUT2D eigenvalue weighted by Crippen LogP contribution is 2.30. The number of hydrogen-bond donors (Lipinski definition) is 0. The number of aryl methyl sites for hydroxylation is 2. The molecule has 3 aromatic heterocycles. The lowest BCUT2D eigenvalue weighted by atomic mass is 10.0. The monoisotopic (exact) mass is 498 g/mol. The van der Waals surface area contributed by atoms with Gasteiger partial charge >= 0.3 is 5.82 Å². The van der Waals surface area contributed by atoms with E-state index >= 15 is 0 Å². The molecule has 1 unspecified atom stereocenters. The van der Waals surface area contributed by atoms with Gasteiger partial charge in [-0.2, -0.15) is 0 Å². The Hall–Kier alpha value is -4.11. The molecule has 9 nitrogen and oxygen atoms in total. The molecule has 0 aliphatic carbocycles. The number of pyridine rings is 3. The molecule has 5 rings (SSSR count). The predicted octanol–water partition coefficient (Wildman–Crippen LogP) is 4.22. The van der Waals surface area contributed by atoms with E-state index in [-0.39, 0.29) is 17.3 Å². The Morgan fingerprint density at radius 2 is 1.95 bits per heavy atom. The number of aromatic nitrogens is 3. The lowest BCUT2D eigenvalue weighted by molar-refractivity contribution is -0.388. The number of nitro groups is 1. The van der Waals surface area contributed by atoms with E-state index in [0.29, 0.717) is 30.7 Å². The summed E-state index contributed by atoms with van der Waals surface area (Å²) >= 11 is 0. The lowest BCUT2D eigenvalue weighted by Gasteiger charge is -2.40. The van der Waals surface area contributed by atoms with E-state index in [1.54, 1.807) is 12.1 Å². The Bertz CT molecular complexity index is 1500. The minimum Gasteiger partial charge on any atom is -0.363 e. The maximum absolute atomic E-state index is 13.5. The summed E-state index contributed by atoms with van der Waals surface area (Å²) in [7, 11) is 1.96. The second-order valence-electron chi connectivity index (χ2n) is 9.67. The highest BCUT2D eigenvalue weighted by atomic mass is 16.6. The van der Waals surface area contributed by atoms with Crippen LogP contribution < -0.4 is 10.3 Å². The van der Waals surface area contributed by atoms with Gasteiger partial charge in [0.25, 0.3) is 0 Å². The summed E-state index contributed by atoms with van der Waals surface area (Å²) in [6.45, 7) is 4.43. The standard InChI is InChI=1S/C28H30N6O3/c1-20-15-21(11-13-29-20)16-33(18-22-17-31(2)25-9-4-3-8-24(25)27(22)35)23-7-6-14-32(19-23)26-10-5-12-30-28(26)34(36)37/h3-5,8-13,15,17,23H,6-7,14,16,18-19H2,1-2H3. The van der Waals surface area contributed by atoms with Crippen LogP contribution in [0.15, 0.2) is 71.9 Å². The van der Waals surface area contributed by atoms with Gasteiger partial charge in [0, 0.05) is 68.3 Å². The average Bonchev–Trinajstić information content (AvgIpc) is 2.91. The van der Waals surface area contributed by atoms with Crippen LogP contribution in [0.1, 0.15) is 29.7 Å². The summed E-state index contributed by atoms with van der Waals surface area (Å²) < 4.78 is 2.01. The first-order valence-electron chi connectivity index (χ1n) is 12.5. The summed E-state index contributed by atoms with van der Waals surface area (Å²) in [5.74, 6) is -0.122. The van der Waals surface area contributed by atoms with Gasteiger partial charge in [0.05, 0.1) is 5.52 Å². The van der Waals surface area contributed by atoms with E-state index in [1.165, 1.54) is 6.20 Å². The zero-order chi connectivity index (χ0) is 25.9. The molecule has 1 atom stereocenters. The van der Waals surface area contributed by atoms with Gasteiger partial charge in [-0.3, -0.25) is 14.7 Å². The van der Waals surface area contributed by atoms with Gasteiger partial charge in [0.2, 0.25) is 0 Å². The molecule has 1 aliphatic rings. The van der Waals surface area contributed by atoms with Crippen LogP contribution in [0.3, 0.4) is 0 Å². The summed E-state index contributed by atoms with van der Waals surface area (Å²) in [6, 6.07) is 15.3. The Balaban J connectivity index is 1.50. The van der Waals surface area contributed by atoms with E-state index in [0.717, 1.165) is 41.7 Å². The van der Waals surface area contributed by atoms with Crippen molar-refractivity contribution >= 4 is 22.4 Å². The van der Waals surface area contributed by atoms with Crippen molar-refractivity contribution in [3.05, 3.63) is 104 Å². The summed E-state index contributed by atoms with van der Waals surface area (Å²) in [6.07, 6.45) is 7.02. The largest absolute Gasteiger partial charge is 0.387 e. The molecule has 4 heterocycles. The van der Waals surface area contributed by atoms with Crippen molar-refractivity contribution in [1.82, 2.24) is 19.4 Å². The molecule has 0 radical (unpaired) electrons. The van der Waals surface area contributed by atoms with Gasteiger partial charge < -0.3 is 19.6 Å². The maximum atomic E-state index is 13.5. The quantitative estimate of drug-likeness (QED) is 0.278. The summed E-state index contributed by atoms with van der Waals surface area (Å²) in [5.41, 5.74) is 4.28. The molecule has 4 aromatic rings. The minimum absolute atomic E-state index is 0.0418. The van der Waals surface area contributed by atoms with Crippen LogP contribution in [0.5, 0.6) is 0 Å². The van der Waals surface area contributed by atoms with E-state index in [9.17, 15) is 14.9 Å². The fourth-order valence-electron chi connectivity index (χ4n) is 5.34. The second-order valence-corrected chi connectivity index (χ2v) is 9.67. The lowest BCUT2D eigenvalue weighted by Crippen LogP contribution is -2.48. The number of benzene rings is 1. The van der Waals surface area contributed by atoms with Crippen LogP contribution in [0.25, 0.3) is 10.9 Å². The Morgan fingerprint density at radius 1 is 1.11 bits per heavy atom. The number of para-hydroxylation sites is 1. The van der Waals surface area contributed by atoms with Gasteiger partial charge in [0.15, 0.2) is 5.43 Å². The normalized spacial score (nSPS) is 15.9. The van der Waals surface area contributed by atoms with Crippen molar-refractivity contribution in [2.45, 2.75) is 38.9 Å². The summed E-state index contributed by atoms with van der Waals surface area (Å²) in [4.78, 5) is 37.4. The highest BCUT2D eigenvalue weighted by molar-refractivity contribution is 5.79. The van der Waals surface area contributed by atoms with Crippen LogP contribution in [-0.2, 0) is 20.1 Å². The molecule has 0 N–H and O–H groups in total. The minimum atomic E-state index is -0.421. The predicted molar refractivity (Wildman–Crippen MR) is 144 cm³/mol. The van der Waals surface area contributed by atoms with E-state index in [1.807, 2.05) is 61.3 Å². The highest BCUT2D eigenvalue weighted by Gasteiger charge is 2.30. The van der Waals surface area contributed by atoms with Crippen molar-refractivity contribution in [2.24, 2.45) is 7.05 Å². The fraction of sp³-hybridized carbons (Fsp3) is 0.321. The van der Waals surface area contributed by atoms with Gasteiger partial charge in [-0.15, -0.1) is 0 Å². The van der Waals surface area contributed by atoms with Crippen LogP contribution in [0, 0.1) is 17.0 Å². The smallest absolute Gasteiger partial charge is 0.363 e. The van der Waals surface area contributed by atoms with E-state index < -0.39 is 4.92 Å². The number of piperidine rings is 1. The first kappa shape index (κ1) is 24.6. The fourth-order valence-corrected chi connectivity index (χ4v) is 5.34. The molecular formula is C28H30N6O3. The van der Waals surface area contributed by atoms with Gasteiger partial charge in [-0.1, -0.05) is 12.1 Å². The molecule has 1 fully saturated rings. The van der Waals surface area contributed by atoms with Crippen LogP contribution in [0.2, 0.25) is 0 Å². The average molecular weight is 499 g/mol. The number of hydrogen-bond acceptors (Lipinski definition) is 7. The van der Waals surface area contributed by atoms with Crippen molar-refractivity contribution in [2.75, 3.05) is 18.0 Å². The van der Waals surface area contributed by atoms with Crippen LogP contribution in [0.4, 0.5) is 11.5 Å². The van der Waals surface area contributed by atoms with Crippen molar-refractivity contribution < 1.29 is 4.92 Å². The van der Waals surface area contributed by atoms with Crippen LogP contribution >= 0.6 is 0 Å². The Kier molecular flexibility index (Phi) is 6.96. The molecule has 9 heteroatoms. The second kappa shape index (κ2) is 10.5. The number of fused-ring (bicyclic) bond motifs is 1. The topological polar surface area (TPSA) is 97.4 Å². The number of nitrogens with zero attached hydrogens (tertiary/aromatic N) is 6. The molecule has 37 heavy (non-hydrogen) atoms. The molecule has 1 aliphatic heterocycles. The zero-order valence-electron chi connectivity index (χ0n) is 21.1. The van der Waals surface area contributed by atoms with E-state index in [2.05, 4.69) is 25.8 Å². The number of anilines is 1. The number of rotatable bonds is 7. The van der Waals surface area contributed by atoms with Crippen molar-refractivity contribution in [1.29, 1.82) is 0 Å². The SMILES string of the molecule is Cc1cc(CN(Cc2cn(C)c3ccccc3c2=O)C2CCCN(c3cccnc3[N+](=O)[O-])C2)ccn1. The molecule has 1 saturated heterocycles. The molecule has 0 saturated carbocycles. The van der Waals surface area contributed by atoms with Crippen molar-refractivity contribution in [3.63, 3.8) is 0 Å². The van der Waals surface area contributed by atoms with E-state index in [4.69, 9.17) is 0 Å². The molecule has 0 amide bonds. The third kappa shape index (κ3) is 5.22. The molecule has 0 spiro atoms. The van der Waals surface area contributed by atoms with Gasteiger partial charge in [0.1, 0.15) is 11.9 Å². The third-order valence-corrected chi connectivity index (χ3v) is 7.08. The molecule has 0 bridgehead atoms. The Labute approximate surface area is 215 Å². The Morgan fingerprint density at radius 3 is 2.76 bits per heavy atom. The summed E-state index contributed by atoms with van der Waals surface area (Å²) in [5, 5.41) is 12.3. The van der Waals surface area contributed by atoms with Gasteiger partial charge in [-0.25, -0.2) is 0 Å². The van der Waals surface area contributed by atoms with Crippen LogP contribution in [-0.4, -0.2) is 43.5 Å². The van der Waals surface area contributed by atoms with Gasteiger partial charge in [-0.05, 0) is 71.6 Å².